The lowest BCUT2D eigenvalue weighted by Gasteiger charge is -2.19. The zero-order chi connectivity index (χ0) is 17.0. The lowest BCUT2D eigenvalue weighted by molar-refractivity contribution is -0.128. The first-order valence-electron chi connectivity index (χ1n) is 8.10. The zero-order valence-electron chi connectivity index (χ0n) is 14.3. The topological polar surface area (TPSA) is 84.9 Å². The van der Waals surface area contributed by atoms with E-state index in [2.05, 4.69) is 27.7 Å². The molecule has 0 aromatic carbocycles. The highest BCUT2D eigenvalue weighted by atomic mass is 31.2. The van der Waals surface area contributed by atoms with Crippen molar-refractivity contribution in [2.24, 2.45) is 11.8 Å². The van der Waals surface area contributed by atoms with Crippen LogP contribution in [0, 0.1) is 11.8 Å². The van der Waals surface area contributed by atoms with Crippen molar-refractivity contribution in [1.82, 2.24) is 5.48 Å². The molecule has 0 saturated carbocycles. The smallest absolute Gasteiger partial charge is 0.309 e. The van der Waals surface area contributed by atoms with Crippen LogP contribution in [0.1, 0.15) is 59.8 Å². The van der Waals surface area contributed by atoms with Gasteiger partial charge in [-0.3, -0.25) is 14.6 Å². The van der Waals surface area contributed by atoms with Crippen molar-refractivity contribution < 1.29 is 23.6 Å². The summed E-state index contributed by atoms with van der Waals surface area (Å²) in [5.41, 5.74) is 1.53. The van der Waals surface area contributed by atoms with Gasteiger partial charge in [0.2, 0.25) is 5.91 Å². The Bertz CT molecular complexity index is 327. The Morgan fingerprint density at radius 1 is 1.05 bits per heavy atom. The Morgan fingerprint density at radius 2 is 1.50 bits per heavy atom. The van der Waals surface area contributed by atoms with Gasteiger partial charge in [-0.05, 0) is 37.5 Å². The van der Waals surface area contributed by atoms with Gasteiger partial charge in [0.25, 0.3) is 0 Å². The molecule has 0 aromatic rings. The van der Waals surface area contributed by atoms with Crippen molar-refractivity contribution in [1.29, 1.82) is 0 Å². The molecular weight excluding hydrogens is 305 g/mol. The molecule has 7 heteroatoms. The number of nitrogens with one attached hydrogen (secondary N) is 1. The first-order valence-corrected chi connectivity index (χ1v) is 9.83. The summed E-state index contributed by atoms with van der Waals surface area (Å²) in [4.78, 5) is 11.1. The molecule has 0 saturated heterocycles. The van der Waals surface area contributed by atoms with E-state index in [9.17, 15) is 9.36 Å². The molecule has 0 aromatic heterocycles. The van der Waals surface area contributed by atoms with Crippen LogP contribution < -0.4 is 5.48 Å². The van der Waals surface area contributed by atoms with Gasteiger partial charge in [-0.2, -0.15) is 0 Å². The van der Waals surface area contributed by atoms with Crippen LogP contribution >= 0.6 is 7.60 Å². The fourth-order valence-electron chi connectivity index (χ4n) is 1.85. The molecule has 6 nitrogen and oxygen atoms in total. The summed E-state index contributed by atoms with van der Waals surface area (Å²) in [5.74, 6) is 0.544. The molecule has 132 valence electrons. The van der Waals surface area contributed by atoms with Crippen molar-refractivity contribution >= 4 is 13.5 Å². The largest absolute Gasteiger partial charge is 0.331 e. The highest BCUT2D eigenvalue weighted by Crippen LogP contribution is 2.49. The number of hydroxylamine groups is 1. The van der Waals surface area contributed by atoms with E-state index in [1.165, 1.54) is 5.48 Å². The third-order valence-electron chi connectivity index (χ3n) is 3.17. The summed E-state index contributed by atoms with van der Waals surface area (Å²) in [6.07, 6.45) is 3.51. The van der Waals surface area contributed by atoms with E-state index in [0.717, 1.165) is 25.7 Å². The van der Waals surface area contributed by atoms with E-state index in [1.54, 1.807) is 0 Å². The summed E-state index contributed by atoms with van der Waals surface area (Å²) in [6, 6.07) is 0. The number of hydrogen-bond acceptors (Lipinski definition) is 5. The molecule has 2 N–H and O–H groups in total. The van der Waals surface area contributed by atoms with Gasteiger partial charge in [-0.15, -0.1) is 0 Å². The first kappa shape index (κ1) is 21.6. The van der Waals surface area contributed by atoms with Crippen LogP contribution in [0.5, 0.6) is 0 Å². The van der Waals surface area contributed by atoms with Crippen LogP contribution in [0.4, 0.5) is 0 Å². The van der Waals surface area contributed by atoms with E-state index in [-0.39, 0.29) is 12.6 Å². The average Bonchev–Trinajstić information content (AvgIpc) is 2.45. The van der Waals surface area contributed by atoms with Crippen molar-refractivity contribution in [3.63, 3.8) is 0 Å². The number of carbonyl (C=O) groups is 1. The maximum atomic E-state index is 12.6. The van der Waals surface area contributed by atoms with Crippen LogP contribution in [0.3, 0.4) is 0 Å². The molecule has 0 fully saturated rings. The van der Waals surface area contributed by atoms with Crippen molar-refractivity contribution in [2.45, 2.75) is 59.8 Å². The van der Waals surface area contributed by atoms with Gasteiger partial charge >= 0.3 is 7.60 Å². The van der Waals surface area contributed by atoms with Crippen LogP contribution in [0.2, 0.25) is 0 Å². The minimum absolute atomic E-state index is 0.0112. The molecule has 0 aliphatic rings. The first-order chi connectivity index (χ1) is 10.3. The number of carbonyl (C=O) groups excluding carboxylic acids is 1. The molecule has 22 heavy (non-hydrogen) atoms. The van der Waals surface area contributed by atoms with Gasteiger partial charge in [0, 0.05) is 6.42 Å². The summed E-state index contributed by atoms with van der Waals surface area (Å²) < 4.78 is 23.5. The second kappa shape index (κ2) is 12.1. The Kier molecular flexibility index (Phi) is 11.8. The van der Waals surface area contributed by atoms with Gasteiger partial charge in [0.15, 0.2) is 0 Å². The fraction of sp³-hybridized carbons (Fsp3) is 0.933. The Hall–Kier alpha value is -0.420. The number of hydrogen-bond donors (Lipinski definition) is 2. The monoisotopic (exact) mass is 337 g/mol. The molecule has 1 amide bonds. The lowest BCUT2D eigenvalue weighted by atomic mass is 10.1. The highest BCUT2D eigenvalue weighted by Gasteiger charge is 2.25. The minimum Gasteiger partial charge on any atom is -0.309 e. The molecule has 0 aliphatic heterocycles. The van der Waals surface area contributed by atoms with E-state index in [0.29, 0.717) is 25.0 Å². The summed E-state index contributed by atoms with van der Waals surface area (Å²) >= 11 is 0. The molecule has 0 radical (unpaired) electrons. The number of rotatable bonds is 13. The van der Waals surface area contributed by atoms with Gasteiger partial charge in [-0.1, -0.05) is 27.7 Å². The maximum Gasteiger partial charge on any atom is 0.331 e. The third kappa shape index (κ3) is 12.2. The zero-order valence-corrected chi connectivity index (χ0v) is 15.2. The summed E-state index contributed by atoms with van der Waals surface area (Å²) in [5, 5.41) is 8.51. The SMILES string of the molecule is CC(C)CCCOP(=O)(CCC(=O)NO)OCCCC(C)C. The van der Waals surface area contributed by atoms with Gasteiger partial charge in [0.05, 0.1) is 19.4 Å². The van der Waals surface area contributed by atoms with Crippen LogP contribution in [-0.2, 0) is 18.4 Å². The molecule has 0 atom stereocenters. The predicted octanol–water partition coefficient (Wildman–Crippen LogP) is 3.98. The molecule has 0 rings (SSSR count). The third-order valence-corrected chi connectivity index (χ3v) is 5.09. The van der Waals surface area contributed by atoms with E-state index in [4.69, 9.17) is 14.3 Å². The Morgan fingerprint density at radius 3 is 1.86 bits per heavy atom. The van der Waals surface area contributed by atoms with Crippen molar-refractivity contribution in [2.75, 3.05) is 19.4 Å². The summed E-state index contributed by atoms with van der Waals surface area (Å²) in [6.45, 7) is 9.20. The average molecular weight is 337 g/mol. The van der Waals surface area contributed by atoms with Crippen molar-refractivity contribution in [3.05, 3.63) is 0 Å². The van der Waals surface area contributed by atoms with Gasteiger partial charge in [-0.25, -0.2) is 5.48 Å². The van der Waals surface area contributed by atoms with Gasteiger partial charge in [0.1, 0.15) is 0 Å². The molecule has 0 spiro atoms. The van der Waals surface area contributed by atoms with Crippen molar-refractivity contribution in [3.8, 4) is 0 Å². The van der Waals surface area contributed by atoms with Crippen LogP contribution in [0.15, 0.2) is 0 Å². The molecule has 0 bridgehead atoms. The normalized spacial score (nSPS) is 12.1. The second-order valence-electron chi connectivity index (χ2n) is 6.36. The van der Waals surface area contributed by atoms with E-state index in [1.807, 2.05) is 0 Å². The van der Waals surface area contributed by atoms with E-state index >= 15 is 0 Å². The standard InChI is InChI=1S/C15H32NO5P/c1-13(2)7-5-10-20-22(19,12-9-15(17)16-18)21-11-6-8-14(3)4/h13-14,18H,5-12H2,1-4H3,(H,16,17). The quantitative estimate of drug-likeness (QED) is 0.230. The molecule has 0 heterocycles. The number of amides is 1. The summed E-state index contributed by atoms with van der Waals surface area (Å²) in [7, 11) is -3.28. The molecular formula is C15H32NO5P. The highest BCUT2D eigenvalue weighted by molar-refractivity contribution is 7.53. The molecule has 0 unspecified atom stereocenters. The van der Waals surface area contributed by atoms with Crippen LogP contribution in [-0.4, -0.2) is 30.5 Å². The molecule has 0 aliphatic carbocycles. The Balaban J connectivity index is 4.28. The Labute approximate surface area is 134 Å². The fourth-order valence-corrected chi connectivity index (χ4v) is 3.48. The van der Waals surface area contributed by atoms with E-state index < -0.39 is 13.5 Å². The lowest BCUT2D eigenvalue weighted by Crippen LogP contribution is -2.20. The van der Waals surface area contributed by atoms with Gasteiger partial charge < -0.3 is 9.05 Å². The minimum atomic E-state index is -3.28. The predicted molar refractivity (Wildman–Crippen MR) is 87.1 cm³/mol. The second-order valence-corrected chi connectivity index (χ2v) is 8.54. The maximum absolute atomic E-state index is 12.6. The van der Waals surface area contributed by atoms with Crippen LogP contribution in [0.25, 0.3) is 0 Å².